The van der Waals surface area contributed by atoms with Gasteiger partial charge in [0.05, 0.1) is 88.1 Å². The van der Waals surface area contributed by atoms with Gasteiger partial charge in [-0.05, 0) is 244 Å². The first kappa shape index (κ1) is 89.9. The number of nitrogens with zero attached hydrogens (tertiary/aromatic N) is 5. The third-order valence-corrected chi connectivity index (χ3v) is 26.2. The topological polar surface area (TPSA) is 368 Å². The molecule has 15 rings (SSSR count). The number of rotatable bonds is 31. The molecule has 0 radical (unpaired) electrons. The number of amides is 6. The Morgan fingerprint density at radius 3 is 1.25 bits per heavy atom. The van der Waals surface area contributed by atoms with Crippen molar-refractivity contribution in [1.29, 1.82) is 0 Å². The zero-order valence-electron chi connectivity index (χ0n) is 71.6. The van der Waals surface area contributed by atoms with Gasteiger partial charge in [0.25, 0.3) is 35.4 Å². The fourth-order valence-corrected chi connectivity index (χ4v) is 19.1. The number of hydrogen-bond donors (Lipinski definition) is 8. The zero-order chi connectivity index (χ0) is 92.3. The van der Waals surface area contributed by atoms with Crippen molar-refractivity contribution in [2.24, 2.45) is 0 Å². The van der Waals surface area contributed by atoms with Crippen LogP contribution in [0, 0.1) is 17.5 Å². The van der Waals surface area contributed by atoms with Crippen LogP contribution in [0.1, 0.15) is 126 Å². The lowest BCUT2D eigenvalue weighted by atomic mass is 9.92. The number of carbonyl (C=O) groups is 6. The molecule has 130 heavy (non-hydrogen) atoms. The highest BCUT2D eigenvalue weighted by molar-refractivity contribution is 7.92. The number of pyridine rings is 3. The highest BCUT2D eigenvalue weighted by Crippen LogP contribution is 2.46. The van der Waals surface area contributed by atoms with Crippen LogP contribution in [0.3, 0.4) is 0 Å². The molecule has 15 aromatic rings. The van der Waals surface area contributed by atoms with Crippen LogP contribution < -0.4 is 40.5 Å². The van der Waals surface area contributed by atoms with Gasteiger partial charge in [-0.25, -0.2) is 30.0 Å². The van der Waals surface area contributed by atoms with E-state index in [1.807, 2.05) is 13.8 Å². The first-order chi connectivity index (χ1) is 62.2. The lowest BCUT2D eigenvalue weighted by Gasteiger charge is -2.32. The molecule has 0 aliphatic carbocycles. The smallest absolute Gasteiger partial charge is 0.255 e. The Morgan fingerprint density at radius 1 is 0.392 bits per heavy atom. The molecule has 31 heteroatoms. The van der Waals surface area contributed by atoms with Crippen LogP contribution in [0.15, 0.2) is 269 Å². The van der Waals surface area contributed by atoms with Gasteiger partial charge in [-0.15, -0.1) is 0 Å². The second-order valence-corrected chi connectivity index (χ2v) is 36.1. The molecule has 0 aliphatic heterocycles. The van der Waals surface area contributed by atoms with E-state index in [0.717, 1.165) is 14.2 Å². The minimum absolute atomic E-state index is 0.00987. The third-order valence-electron chi connectivity index (χ3n) is 22.7. The van der Waals surface area contributed by atoms with Gasteiger partial charge in [-0.3, -0.25) is 52.3 Å². The predicted molar refractivity (Wildman–Crippen MR) is 490 cm³/mol. The molecule has 0 fully saturated rings. The van der Waals surface area contributed by atoms with Crippen LogP contribution in [0.4, 0.5) is 24.5 Å². The van der Waals surface area contributed by atoms with Crippen LogP contribution in [-0.2, 0) is 42.4 Å². The van der Waals surface area contributed by atoms with Gasteiger partial charge < -0.3 is 55.4 Å². The van der Waals surface area contributed by atoms with Crippen molar-refractivity contribution in [3.63, 3.8) is 0 Å². The van der Waals surface area contributed by atoms with Gasteiger partial charge in [-0.1, -0.05) is 48.5 Å². The Balaban J connectivity index is 0.742. The molecule has 26 nitrogen and oxygen atoms in total. The number of nitrogens with one attached hydrogen (secondary N) is 6. The molecular weight excluding hydrogens is 1700 g/mol. The minimum Gasteiger partial charge on any atom is -0.455 e. The number of anilines is 2. The first-order valence-corrected chi connectivity index (χ1v) is 44.5. The maximum Gasteiger partial charge on any atom is 0.255 e. The fourth-order valence-electron chi connectivity index (χ4n) is 15.9. The summed E-state index contributed by atoms with van der Waals surface area (Å²) < 4.78 is 127. The van der Waals surface area contributed by atoms with Crippen molar-refractivity contribution in [1.82, 2.24) is 46.9 Å². The Labute approximate surface area is 745 Å². The average molecular weight is 1790 g/mol. The number of aliphatic hydroxyl groups excluding tert-OH is 2. The second kappa shape index (κ2) is 36.8. The van der Waals surface area contributed by atoms with Crippen molar-refractivity contribution in [2.75, 3.05) is 61.8 Å². The number of benzene rings is 9. The monoisotopic (exact) mass is 1790 g/mol. The van der Waals surface area contributed by atoms with Crippen LogP contribution in [0.5, 0.6) is 0 Å². The van der Waals surface area contributed by atoms with E-state index in [0.29, 0.717) is 44.3 Å². The Bertz CT molecular complexity index is 7160. The van der Waals surface area contributed by atoms with Crippen molar-refractivity contribution in [3.8, 4) is 67.4 Å². The van der Waals surface area contributed by atoms with Gasteiger partial charge >= 0.3 is 0 Å². The summed E-state index contributed by atoms with van der Waals surface area (Å²) in [5.41, 5.74) is 1.42. The van der Waals surface area contributed by atoms with E-state index in [4.69, 9.17) is 13.3 Å². The lowest BCUT2D eigenvalue weighted by Crippen LogP contribution is -2.46. The zero-order valence-corrected chi connectivity index (χ0v) is 73.2. The standard InChI is InChI=1S/C99H88F3N11O15S2/c1-97(2,68-35-40-106-41-36-68)109-91(116)66-18-13-16-64(50-66)75-54-78-83(128-90(87(78)96(121)105-8)60-25-32-72(102)33-26-60)56-80(75)113(44-46-115)130(124,125)57-73-52-69(37-42-107-73)98(3,4)110-92(117)67-19-12-15-63(49-67)74-53-77-82(127-89(86(77)95(120)104-7)59-23-30-71(101)31-24-59)55-79(74)112(43-45-114)129(122,123)47-38-99(5,84-20-9-10-39-108-84)111-93(118)65-17-11-14-61(48-65)62-27-34-81-76(51-62)85(94(119)103-6)88(126-81)58-21-28-70(100)29-22-58/h9-37,39-42,48-56,114-115H,38,43-47,57H2,1-8H3,(H,103,119)(H,104,120)(H,105,121)(H,109,116)(H,110,117)(H,111,118). The number of furan rings is 3. The average Bonchev–Trinajstić information content (AvgIpc) is 1.60. The van der Waals surface area contributed by atoms with Crippen molar-refractivity contribution >= 4 is 99.8 Å². The number of carbonyl (C=O) groups excluding carboxylic acids is 6. The number of halogens is 3. The summed E-state index contributed by atoms with van der Waals surface area (Å²) in [7, 11) is -5.11. The molecule has 1 atom stereocenters. The summed E-state index contributed by atoms with van der Waals surface area (Å²) in [4.78, 5) is 99.4. The fraction of sp³-hybridized carbons (Fsp3) is 0.182. The number of aromatic nitrogens is 3. The molecule has 8 N–H and O–H groups in total. The van der Waals surface area contributed by atoms with Gasteiger partial charge in [-0.2, -0.15) is 0 Å². The van der Waals surface area contributed by atoms with Crippen LogP contribution in [0.2, 0.25) is 0 Å². The minimum atomic E-state index is -4.72. The first-order valence-electron chi connectivity index (χ1n) is 41.2. The van der Waals surface area contributed by atoms with Gasteiger partial charge in [0.2, 0.25) is 20.0 Å². The molecular formula is C99H88F3N11O15S2. The maximum absolute atomic E-state index is 15.8. The van der Waals surface area contributed by atoms with E-state index in [2.05, 4.69) is 46.9 Å². The second-order valence-electron chi connectivity index (χ2n) is 32.2. The Morgan fingerprint density at radius 2 is 0.800 bits per heavy atom. The molecule has 0 saturated carbocycles. The molecule has 6 heterocycles. The molecule has 0 saturated heterocycles. The van der Waals surface area contributed by atoms with Gasteiger partial charge in [0.1, 0.15) is 57.2 Å². The van der Waals surface area contributed by atoms with E-state index < -0.39 is 127 Å². The van der Waals surface area contributed by atoms with Crippen LogP contribution >= 0.6 is 0 Å². The summed E-state index contributed by atoms with van der Waals surface area (Å²) >= 11 is 0. The number of sulfonamides is 2. The van der Waals surface area contributed by atoms with Gasteiger partial charge in [0, 0.05) is 119 Å². The molecule has 0 aliphatic rings. The normalized spacial score (nSPS) is 12.3. The summed E-state index contributed by atoms with van der Waals surface area (Å²) in [6.07, 6.45) is 5.73. The largest absolute Gasteiger partial charge is 0.455 e. The van der Waals surface area contributed by atoms with Crippen molar-refractivity contribution in [2.45, 2.75) is 63.4 Å². The number of fused-ring (bicyclic) bond motifs is 3. The van der Waals surface area contributed by atoms with Crippen molar-refractivity contribution in [3.05, 3.63) is 329 Å². The van der Waals surface area contributed by atoms with Crippen LogP contribution in [0.25, 0.3) is 100 Å². The molecule has 1 unspecified atom stereocenters. The molecule has 0 bridgehead atoms. The summed E-state index contributed by atoms with van der Waals surface area (Å²) in [6.45, 7) is 6.03. The molecule has 9 aromatic carbocycles. The third kappa shape index (κ3) is 18.5. The Hall–Kier alpha value is -14.9. The van der Waals surface area contributed by atoms with E-state index in [1.54, 1.807) is 154 Å². The van der Waals surface area contributed by atoms with E-state index >= 15 is 21.6 Å². The molecule has 6 amide bonds. The quantitative estimate of drug-likeness (QED) is 0.0200. The lowest BCUT2D eigenvalue weighted by molar-refractivity contribution is 0.0894. The number of hydrogen-bond acceptors (Lipinski definition) is 18. The maximum atomic E-state index is 15.8. The summed E-state index contributed by atoms with van der Waals surface area (Å²) in [6, 6.07) is 57.8. The number of aliphatic hydroxyl groups is 2. The Kier molecular flexibility index (Phi) is 25.4. The van der Waals surface area contributed by atoms with Crippen molar-refractivity contribution < 1.29 is 82.2 Å². The van der Waals surface area contributed by atoms with E-state index in [-0.39, 0.29) is 124 Å². The SMILES string of the molecule is CNC(=O)c1c(-c2ccc(F)cc2)oc2ccc(-c3cccc(C(=O)NC(C)(CCS(=O)(=O)N(CCO)c4cc5oc(-c6ccc(F)cc6)c(C(=O)NC)c5cc4-c4cccc(C(=O)NC(C)(C)c5ccnc(CS(=O)(=O)N(CCO)c6cc7oc(-c8ccc(F)cc8)c(C(=O)NC)c7cc6-c6cccc(C(=O)NC(C)(C)c7ccncc7)c6)c5)c4)c4ccccn4)c3)cc12. The van der Waals surface area contributed by atoms with E-state index in [9.17, 15) is 47.4 Å². The van der Waals surface area contributed by atoms with E-state index in [1.165, 1.54) is 143 Å². The highest BCUT2D eigenvalue weighted by Gasteiger charge is 2.38. The molecule has 0 spiro atoms. The van der Waals surface area contributed by atoms with Crippen LogP contribution in [-0.4, -0.2) is 131 Å². The summed E-state index contributed by atoms with van der Waals surface area (Å²) in [5.74, 6) is -6.39. The molecule has 662 valence electrons. The van der Waals surface area contributed by atoms with Gasteiger partial charge in [0.15, 0.2) is 0 Å². The summed E-state index contributed by atoms with van der Waals surface area (Å²) in [5, 5.41) is 39.9. The predicted octanol–water partition coefficient (Wildman–Crippen LogP) is 16.1. The molecule has 6 aromatic heterocycles. The highest BCUT2D eigenvalue weighted by atomic mass is 32.2.